The normalized spacial score (nSPS) is 17.0. The number of halogens is 2. The van der Waals surface area contributed by atoms with E-state index in [1.165, 1.54) is 19.2 Å². The number of hydrogen-bond donors (Lipinski definition) is 2. The molecule has 170 valence electrons. The third-order valence-electron chi connectivity index (χ3n) is 4.62. The third-order valence-corrected chi connectivity index (χ3v) is 4.92. The average molecular weight is 464 g/mol. The molecule has 0 saturated carbocycles. The molecule has 1 unspecified atom stereocenters. The highest BCUT2D eigenvalue weighted by molar-refractivity contribution is 6.30. The van der Waals surface area contributed by atoms with Crippen LogP contribution >= 0.6 is 11.6 Å². The number of methoxy groups -OCH3 is 1. The first kappa shape index (κ1) is 23.3. The van der Waals surface area contributed by atoms with Gasteiger partial charge in [0.1, 0.15) is 17.3 Å². The van der Waals surface area contributed by atoms with Gasteiger partial charge in [-0.1, -0.05) is 11.6 Å². The van der Waals surface area contributed by atoms with Gasteiger partial charge >= 0.3 is 0 Å². The summed E-state index contributed by atoms with van der Waals surface area (Å²) in [6.07, 6.45) is 2.17. The lowest BCUT2D eigenvalue weighted by molar-refractivity contribution is -0.124. The molecule has 1 atom stereocenters. The first-order valence-electron chi connectivity index (χ1n) is 9.72. The number of carbonyl (C=O) groups excluding carboxylic acids is 2. The van der Waals surface area contributed by atoms with E-state index in [1.807, 2.05) is 6.92 Å². The van der Waals surface area contributed by atoms with Crippen LogP contribution in [-0.2, 0) is 9.59 Å². The maximum absolute atomic E-state index is 13.4. The number of hydrogen-bond acceptors (Lipinski definition) is 6. The van der Waals surface area contributed by atoms with Crippen molar-refractivity contribution in [2.75, 3.05) is 20.3 Å². The largest absolute Gasteiger partial charge is 0.484 e. The fourth-order valence-electron chi connectivity index (χ4n) is 3.13. The number of pyridine rings is 1. The molecule has 2 N–H and O–H groups in total. The second-order valence-corrected chi connectivity index (χ2v) is 7.86. The number of nitrogens with one attached hydrogen (secondary N) is 2. The molecule has 2 amide bonds. The molecule has 0 saturated heterocycles. The van der Waals surface area contributed by atoms with Crippen LogP contribution in [0.3, 0.4) is 0 Å². The lowest BCUT2D eigenvalue weighted by Crippen LogP contribution is -2.53. The summed E-state index contributed by atoms with van der Waals surface area (Å²) in [5, 5.41) is 5.52. The number of ether oxygens (including phenoxy) is 3. The van der Waals surface area contributed by atoms with Crippen LogP contribution in [0.2, 0.25) is 5.02 Å². The minimum Gasteiger partial charge on any atom is -0.484 e. The highest BCUT2D eigenvalue weighted by Crippen LogP contribution is 2.28. The molecule has 1 heterocycles. The number of amides is 2. The summed E-state index contributed by atoms with van der Waals surface area (Å²) in [5.74, 6) is -0.178. The molecule has 10 heteroatoms. The second-order valence-electron chi connectivity index (χ2n) is 7.45. The van der Waals surface area contributed by atoms with E-state index in [0.29, 0.717) is 29.4 Å². The van der Waals surface area contributed by atoms with Gasteiger partial charge in [-0.15, -0.1) is 0 Å². The number of carbonyl (C=O) groups is 2. The van der Waals surface area contributed by atoms with Crippen LogP contribution in [0.1, 0.15) is 19.0 Å². The van der Waals surface area contributed by atoms with E-state index in [4.69, 9.17) is 25.8 Å². The fourth-order valence-corrected chi connectivity index (χ4v) is 3.25. The number of aryl methyl sites for hydroxylation is 1. The summed E-state index contributed by atoms with van der Waals surface area (Å²) in [5.41, 5.74) is 0.663. The van der Waals surface area contributed by atoms with Gasteiger partial charge in [0, 0.05) is 24.3 Å². The van der Waals surface area contributed by atoms with E-state index in [-0.39, 0.29) is 35.8 Å². The Morgan fingerprint density at radius 2 is 1.91 bits per heavy atom. The molecule has 1 aromatic carbocycles. The van der Waals surface area contributed by atoms with Crippen LogP contribution in [-0.4, -0.2) is 42.7 Å². The fraction of sp³-hybridized carbons (Fsp3) is 0.318. The molecule has 0 spiro atoms. The summed E-state index contributed by atoms with van der Waals surface area (Å²) in [7, 11) is 1.52. The smallest absolute Gasteiger partial charge is 0.262 e. The van der Waals surface area contributed by atoms with Crippen molar-refractivity contribution >= 4 is 23.4 Å². The number of benzene rings is 1. The zero-order chi connectivity index (χ0) is 23.3. The summed E-state index contributed by atoms with van der Waals surface area (Å²) < 4.78 is 29.2. The van der Waals surface area contributed by atoms with Gasteiger partial charge in [0.25, 0.3) is 11.8 Å². The van der Waals surface area contributed by atoms with E-state index < -0.39 is 11.4 Å². The molecule has 3 rings (SSSR count). The van der Waals surface area contributed by atoms with Crippen molar-refractivity contribution in [2.45, 2.75) is 25.8 Å². The Kier molecular flexibility index (Phi) is 7.19. The van der Waals surface area contributed by atoms with Crippen LogP contribution < -0.4 is 24.8 Å². The van der Waals surface area contributed by atoms with Gasteiger partial charge in [-0.3, -0.25) is 9.59 Å². The number of nitrogens with zero attached hydrogens (tertiary/aromatic N) is 1. The Hall–Kier alpha value is -3.33. The lowest BCUT2D eigenvalue weighted by Gasteiger charge is -2.37. The number of aromatic nitrogens is 1. The minimum absolute atomic E-state index is 0.0234. The van der Waals surface area contributed by atoms with Gasteiger partial charge in [-0.05, 0) is 38.1 Å². The Bertz CT molecular complexity index is 1060. The third kappa shape index (κ3) is 6.10. The predicted molar refractivity (Wildman–Crippen MR) is 115 cm³/mol. The monoisotopic (exact) mass is 463 g/mol. The van der Waals surface area contributed by atoms with E-state index in [2.05, 4.69) is 15.6 Å². The Labute approximate surface area is 189 Å². The van der Waals surface area contributed by atoms with E-state index in [0.717, 1.165) is 6.07 Å². The van der Waals surface area contributed by atoms with Crippen LogP contribution in [0.25, 0.3) is 0 Å². The van der Waals surface area contributed by atoms with Gasteiger partial charge in [0.05, 0.1) is 23.4 Å². The molecule has 0 aliphatic heterocycles. The van der Waals surface area contributed by atoms with Gasteiger partial charge in [0.2, 0.25) is 5.88 Å². The molecular weight excluding hydrogens is 441 g/mol. The van der Waals surface area contributed by atoms with Crippen molar-refractivity contribution < 1.29 is 28.2 Å². The van der Waals surface area contributed by atoms with Crippen molar-refractivity contribution in [3.63, 3.8) is 0 Å². The van der Waals surface area contributed by atoms with Crippen LogP contribution in [0.4, 0.5) is 4.39 Å². The number of rotatable bonds is 9. The first-order valence-corrected chi connectivity index (χ1v) is 10.1. The Morgan fingerprint density at radius 1 is 1.19 bits per heavy atom. The van der Waals surface area contributed by atoms with Crippen LogP contribution in [0, 0.1) is 12.7 Å². The van der Waals surface area contributed by atoms with E-state index in [9.17, 15) is 14.0 Å². The highest BCUT2D eigenvalue weighted by Gasteiger charge is 2.34. The topological polar surface area (TPSA) is 98.8 Å². The highest BCUT2D eigenvalue weighted by atomic mass is 35.5. The molecule has 0 radical (unpaired) electrons. The van der Waals surface area contributed by atoms with E-state index >= 15 is 0 Å². The molecule has 1 aliphatic rings. The molecule has 32 heavy (non-hydrogen) atoms. The SMILES string of the molecule is COc1ccc(OCC(=O)NC2=CC(C)(NC(=O)COc3ccc(Cl)c(F)c3)C2)c(C)n1. The molecule has 1 aliphatic carbocycles. The van der Waals surface area contributed by atoms with Gasteiger partial charge in [-0.25, -0.2) is 9.37 Å². The lowest BCUT2D eigenvalue weighted by atomic mass is 9.84. The van der Waals surface area contributed by atoms with Crippen LogP contribution in [0.15, 0.2) is 42.1 Å². The molecule has 8 nitrogen and oxygen atoms in total. The Balaban J connectivity index is 1.42. The van der Waals surface area contributed by atoms with Gasteiger partial charge in [-0.2, -0.15) is 0 Å². The van der Waals surface area contributed by atoms with Crippen molar-refractivity contribution in [1.82, 2.24) is 15.6 Å². The predicted octanol–water partition coefficient (Wildman–Crippen LogP) is 2.93. The second kappa shape index (κ2) is 9.86. The van der Waals surface area contributed by atoms with E-state index in [1.54, 1.807) is 25.1 Å². The summed E-state index contributed by atoms with van der Waals surface area (Å²) in [4.78, 5) is 28.4. The maximum atomic E-state index is 13.4. The first-order chi connectivity index (χ1) is 15.2. The summed E-state index contributed by atoms with van der Waals surface area (Å²) in [6.45, 7) is 3.10. The molecule has 0 bridgehead atoms. The zero-order valence-electron chi connectivity index (χ0n) is 17.8. The van der Waals surface area contributed by atoms with Crippen LogP contribution in [0.5, 0.6) is 17.4 Å². The van der Waals surface area contributed by atoms with Crippen molar-refractivity contribution in [3.05, 3.63) is 58.6 Å². The average Bonchev–Trinajstić information content (AvgIpc) is 2.72. The van der Waals surface area contributed by atoms with Crippen molar-refractivity contribution in [2.24, 2.45) is 0 Å². The molecule has 1 aromatic heterocycles. The summed E-state index contributed by atoms with van der Waals surface area (Å²) in [6, 6.07) is 7.27. The van der Waals surface area contributed by atoms with Gasteiger partial charge in [0.15, 0.2) is 13.2 Å². The molecule has 2 aromatic rings. The standard InChI is InChI=1S/C22H23ClFN3O5/c1-13-18(6-7-21(25-13)30-3)32-11-19(28)26-14-9-22(2,10-14)27-20(29)12-31-15-4-5-16(23)17(24)8-15/h4-9H,10-12H2,1-3H3,(H,26,28)(H,27,29). The quantitative estimate of drug-likeness (QED) is 0.593. The van der Waals surface area contributed by atoms with Crippen molar-refractivity contribution in [1.29, 1.82) is 0 Å². The van der Waals surface area contributed by atoms with Crippen molar-refractivity contribution in [3.8, 4) is 17.4 Å². The Morgan fingerprint density at radius 3 is 2.56 bits per heavy atom. The molecule has 0 fully saturated rings. The maximum Gasteiger partial charge on any atom is 0.262 e. The molecular formula is C22H23ClFN3O5. The van der Waals surface area contributed by atoms with Gasteiger partial charge < -0.3 is 24.8 Å². The zero-order valence-corrected chi connectivity index (χ0v) is 18.6. The minimum atomic E-state index is -0.624. The summed E-state index contributed by atoms with van der Waals surface area (Å²) >= 11 is 5.61.